The van der Waals surface area contributed by atoms with Crippen molar-refractivity contribution in [1.82, 2.24) is 4.57 Å². The maximum atomic E-state index is 2.50. The average Bonchev–Trinajstić information content (AvgIpc) is 3.52. The van der Waals surface area contributed by atoms with E-state index in [4.69, 9.17) is 0 Å². The largest absolute Gasteiger partial charge is 0.310 e. The van der Waals surface area contributed by atoms with E-state index < -0.39 is 0 Å². The first-order valence-electron chi connectivity index (χ1n) is 17.5. The van der Waals surface area contributed by atoms with Crippen molar-refractivity contribution in [1.29, 1.82) is 0 Å². The summed E-state index contributed by atoms with van der Waals surface area (Å²) in [5.74, 6) is 0. The zero-order valence-electron chi connectivity index (χ0n) is 27.6. The normalized spacial score (nSPS) is 12.2. The molecule has 0 saturated carbocycles. The highest BCUT2D eigenvalue weighted by atomic mass is 15.1. The molecule has 236 valence electrons. The van der Waals surface area contributed by atoms with E-state index in [-0.39, 0.29) is 0 Å². The van der Waals surface area contributed by atoms with E-state index in [0.717, 1.165) is 29.9 Å². The summed E-state index contributed by atoms with van der Waals surface area (Å²) in [6.45, 7) is 0. The first-order chi connectivity index (χ1) is 24.8. The smallest absolute Gasteiger partial charge is 0.0561 e. The molecule has 9 aromatic rings. The van der Waals surface area contributed by atoms with Gasteiger partial charge in [0.2, 0.25) is 0 Å². The third-order valence-corrected chi connectivity index (χ3v) is 10.5. The van der Waals surface area contributed by atoms with Gasteiger partial charge in [-0.1, -0.05) is 133 Å². The summed E-state index contributed by atoms with van der Waals surface area (Å²) in [5, 5.41) is 5.08. The van der Waals surface area contributed by atoms with Crippen LogP contribution in [0.15, 0.2) is 182 Å². The summed E-state index contributed by atoms with van der Waals surface area (Å²) in [5.41, 5.74) is 15.1. The fourth-order valence-electron chi connectivity index (χ4n) is 8.19. The second-order valence-electron chi connectivity index (χ2n) is 13.3. The van der Waals surface area contributed by atoms with Gasteiger partial charge in [-0.05, 0) is 106 Å². The van der Waals surface area contributed by atoms with Gasteiger partial charge in [-0.25, -0.2) is 0 Å². The molecular formula is C48H34N2. The number of benzene rings is 8. The zero-order chi connectivity index (χ0) is 33.0. The molecule has 1 aliphatic rings. The van der Waals surface area contributed by atoms with Crippen molar-refractivity contribution in [3.8, 4) is 27.9 Å². The lowest BCUT2D eigenvalue weighted by Gasteiger charge is -2.32. The molecule has 1 heterocycles. The topological polar surface area (TPSA) is 8.17 Å². The predicted octanol–water partition coefficient (Wildman–Crippen LogP) is 12.8. The van der Waals surface area contributed by atoms with Crippen LogP contribution < -0.4 is 4.90 Å². The standard InChI is InChI=1S/C48H34N2/c1-3-13-33(14-4-1)34-23-26-38(27-24-34)49(46-31-36-16-8-10-20-41(36)48-40-19-9-7-15-35(40)25-29-44(46)48)39-28-30-43-42-21-11-12-22-45(42)50(47(43)32-39)37-17-5-2-6-18-37/h1-24,26-28,30-32H,25,29H2. The molecule has 0 saturated heterocycles. The minimum Gasteiger partial charge on any atom is -0.310 e. The number of nitrogens with zero attached hydrogens (tertiary/aromatic N) is 2. The highest BCUT2D eigenvalue weighted by Gasteiger charge is 2.26. The Labute approximate surface area is 292 Å². The van der Waals surface area contributed by atoms with Crippen LogP contribution in [-0.4, -0.2) is 4.57 Å². The van der Waals surface area contributed by atoms with Crippen LogP contribution in [0.2, 0.25) is 0 Å². The third-order valence-electron chi connectivity index (χ3n) is 10.5. The fourth-order valence-corrected chi connectivity index (χ4v) is 8.19. The Morgan fingerprint density at radius 3 is 1.92 bits per heavy atom. The molecule has 0 unspecified atom stereocenters. The van der Waals surface area contributed by atoms with Gasteiger partial charge in [0, 0.05) is 27.8 Å². The van der Waals surface area contributed by atoms with Crippen molar-refractivity contribution >= 4 is 49.6 Å². The Bertz CT molecular complexity index is 2690. The molecule has 0 atom stereocenters. The zero-order valence-corrected chi connectivity index (χ0v) is 27.6. The van der Waals surface area contributed by atoms with Crippen LogP contribution in [0, 0.1) is 0 Å². The van der Waals surface area contributed by atoms with Gasteiger partial charge in [0.25, 0.3) is 0 Å². The van der Waals surface area contributed by atoms with Gasteiger partial charge in [0.05, 0.1) is 16.7 Å². The number of aryl methyl sites for hydroxylation is 1. The lowest BCUT2D eigenvalue weighted by molar-refractivity contribution is 0.941. The van der Waals surface area contributed by atoms with Crippen LogP contribution in [0.1, 0.15) is 11.1 Å². The molecule has 1 aromatic heterocycles. The molecule has 0 N–H and O–H groups in total. The van der Waals surface area contributed by atoms with E-state index in [0.29, 0.717) is 0 Å². The summed E-state index contributed by atoms with van der Waals surface area (Å²) >= 11 is 0. The van der Waals surface area contributed by atoms with Crippen LogP contribution in [0.25, 0.3) is 60.5 Å². The Morgan fingerprint density at radius 1 is 0.440 bits per heavy atom. The summed E-state index contributed by atoms with van der Waals surface area (Å²) in [4.78, 5) is 2.50. The highest BCUT2D eigenvalue weighted by Crippen LogP contribution is 2.48. The van der Waals surface area contributed by atoms with E-state index in [1.54, 1.807) is 0 Å². The van der Waals surface area contributed by atoms with Crippen LogP contribution in [0.3, 0.4) is 0 Å². The summed E-state index contributed by atoms with van der Waals surface area (Å²) in [7, 11) is 0. The van der Waals surface area contributed by atoms with Gasteiger partial charge < -0.3 is 9.47 Å². The van der Waals surface area contributed by atoms with E-state index in [1.165, 1.54) is 71.6 Å². The second kappa shape index (κ2) is 11.6. The van der Waals surface area contributed by atoms with Gasteiger partial charge in [-0.2, -0.15) is 0 Å². The van der Waals surface area contributed by atoms with E-state index in [1.807, 2.05) is 0 Å². The summed E-state index contributed by atoms with van der Waals surface area (Å²) < 4.78 is 2.41. The van der Waals surface area contributed by atoms with Gasteiger partial charge in [-0.15, -0.1) is 0 Å². The Balaban J connectivity index is 1.26. The molecule has 8 aromatic carbocycles. The number of fused-ring (bicyclic) bond motifs is 8. The molecule has 0 spiro atoms. The molecule has 2 nitrogen and oxygen atoms in total. The molecule has 50 heavy (non-hydrogen) atoms. The van der Waals surface area contributed by atoms with Crippen molar-refractivity contribution in [3.63, 3.8) is 0 Å². The van der Waals surface area contributed by atoms with Crippen LogP contribution in [-0.2, 0) is 12.8 Å². The molecule has 10 rings (SSSR count). The SMILES string of the molecule is c1ccc(-c2ccc(N(c3ccc4c5ccccc5n(-c5ccccc5)c4c3)c3cc4ccccc4c4c3CCc3ccccc3-4)cc2)cc1. The molecule has 0 fully saturated rings. The first kappa shape index (κ1) is 28.6. The molecule has 0 aliphatic heterocycles. The number of rotatable bonds is 5. The van der Waals surface area contributed by atoms with E-state index >= 15 is 0 Å². The minimum atomic E-state index is 0.984. The molecular weight excluding hydrogens is 605 g/mol. The lowest BCUT2D eigenvalue weighted by Crippen LogP contribution is -2.15. The monoisotopic (exact) mass is 638 g/mol. The maximum Gasteiger partial charge on any atom is 0.0561 e. The van der Waals surface area contributed by atoms with Crippen molar-refractivity contribution in [3.05, 3.63) is 193 Å². The van der Waals surface area contributed by atoms with Crippen molar-refractivity contribution in [2.24, 2.45) is 0 Å². The van der Waals surface area contributed by atoms with Crippen LogP contribution in [0.4, 0.5) is 17.1 Å². The number of hydrogen-bond acceptors (Lipinski definition) is 1. The van der Waals surface area contributed by atoms with Gasteiger partial charge >= 0.3 is 0 Å². The summed E-state index contributed by atoms with van der Waals surface area (Å²) in [6.07, 6.45) is 2.01. The molecule has 2 heteroatoms. The van der Waals surface area contributed by atoms with Gasteiger partial charge in [-0.3, -0.25) is 0 Å². The minimum absolute atomic E-state index is 0.984. The van der Waals surface area contributed by atoms with E-state index in [2.05, 4.69) is 191 Å². The Hall–Kier alpha value is -6.38. The van der Waals surface area contributed by atoms with Crippen molar-refractivity contribution < 1.29 is 0 Å². The number of aromatic nitrogens is 1. The molecule has 0 amide bonds. The first-order valence-corrected chi connectivity index (χ1v) is 17.5. The van der Waals surface area contributed by atoms with E-state index in [9.17, 15) is 0 Å². The van der Waals surface area contributed by atoms with Crippen LogP contribution in [0.5, 0.6) is 0 Å². The van der Waals surface area contributed by atoms with Crippen molar-refractivity contribution in [2.45, 2.75) is 12.8 Å². The van der Waals surface area contributed by atoms with Gasteiger partial charge in [0.15, 0.2) is 0 Å². The van der Waals surface area contributed by atoms with Crippen LogP contribution >= 0.6 is 0 Å². The van der Waals surface area contributed by atoms with Gasteiger partial charge in [0.1, 0.15) is 0 Å². The Morgan fingerprint density at radius 2 is 1.08 bits per heavy atom. The molecule has 0 bridgehead atoms. The maximum absolute atomic E-state index is 2.50. The second-order valence-corrected chi connectivity index (χ2v) is 13.3. The Kier molecular flexibility index (Phi) is 6.67. The average molecular weight is 639 g/mol. The number of anilines is 3. The highest BCUT2D eigenvalue weighted by molar-refractivity contribution is 6.11. The predicted molar refractivity (Wildman–Crippen MR) is 211 cm³/mol. The lowest BCUT2D eigenvalue weighted by atomic mass is 9.81. The summed E-state index contributed by atoms with van der Waals surface area (Å²) in [6, 6.07) is 66.6. The molecule has 1 aliphatic carbocycles. The fraction of sp³-hybridized carbons (Fsp3) is 0.0417. The quantitative estimate of drug-likeness (QED) is 0.182. The molecule has 0 radical (unpaired) electrons. The third kappa shape index (κ3) is 4.57. The number of para-hydroxylation sites is 2. The number of hydrogen-bond donors (Lipinski definition) is 0. The van der Waals surface area contributed by atoms with Crippen molar-refractivity contribution in [2.75, 3.05) is 4.90 Å².